The summed E-state index contributed by atoms with van der Waals surface area (Å²) in [5.41, 5.74) is -3.56. The molecule has 5 rings (SSSR count). The fourth-order valence-corrected chi connectivity index (χ4v) is 4.41. The Morgan fingerprint density at radius 1 is 0.738 bits per heavy atom. The van der Waals surface area contributed by atoms with Crippen molar-refractivity contribution < 1.29 is 46.5 Å². The van der Waals surface area contributed by atoms with E-state index >= 15 is 0 Å². The maximum Gasteiger partial charge on any atom is 0.416 e. The summed E-state index contributed by atoms with van der Waals surface area (Å²) in [6, 6.07) is 16.8. The van der Waals surface area contributed by atoms with Crippen LogP contribution in [0.15, 0.2) is 95.2 Å². The van der Waals surface area contributed by atoms with E-state index in [0.29, 0.717) is 17.7 Å². The molecule has 1 heterocycles. The van der Waals surface area contributed by atoms with Gasteiger partial charge >= 0.3 is 18.3 Å². The van der Waals surface area contributed by atoms with Crippen LogP contribution in [0.25, 0.3) is 27.7 Å². The number of phenolic OH excluding ortho intramolecular Hbond substituents is 1. The molecule has 0 aliphatic carbocycles. The average molecular weight is 585 g/mol. The number of para-hydroxylation sites is 2. The van der Waals surface area contributed by atoms with Crippen LogP contribution in [-0.4, -0.2) is 25.9 Å². The zero-order chi connectivity index (χ0) is 30.4. The number of alkyl halides is 6. The molecule has 0 aliphatic heterocycles. The number of halogens is 6. The van der Waals surface area contributed by atoms with Crippen LogP contribution in [0.2, 0.25) is 0 Å². The number of aromatic hydroxyl groups is 2. The number of fused-ring (bicyclic) bond motifs is 1. The highest BCUT2D eigenvalue weighted by molar-refractivity contribution is 5.96. The third-order valence-electron chi connectivity index (χ3n) is 6.35. The number of aromatic carboxylic acids is 1. The van der Waals surface area contributed by atoms with Gasteiger partial charge in [0, 0.05) is 10.9 Å². The van der Waals surface area contributed by atoms with E-state index in [-0.39, 0.29) is 45.2 Å². The lowest BCUT2D eigenvalue weighted by atomic mass is 10.0. The molecule has 42 heavy (non-hydrogen) atoms. The first-order valence-electron chi connectivity index (χ1n) is 12.0. The molecule has 0 unspecified atom stereocenters. The van der Waals surface area contributed by atoms with Gasteiger partial charge in [-0.15, -0.1) is 10.2 Å². The summed E-state index contributed by atoms with van der Waals surface area (Å²) < 4.78 is 81.8. The highest BCUT2D eigenvalue weighted by Gasteiger charge is 2.37. The first-order chi connectivity index (χ1) is 19.8. The molecule has 0 atom stereocenters. The molecule has 0 saturated carbocycles. The number of hydrogen-bond donors (Lipinski definition) is 3. The molecule has 4 aromatic carbocycles. The molecule has 0 bridgehead atoms. The first kappa shape index (κ1) is 28.2. The highest BCUT2D eigenvalue weighted by atomic mass is 19.4. The second-order valence-electron chi connectivity index (χ2n) is 9.05. The Bertz CT molecular complexity index is 1840. The lowest BCUT2D eigenvalue weighted by Crippen LogP contribution is -2.12. The Labute approximate surface area is 232 Å². The molecule has 7 nitrogen and oxygen atoms in total. The van der Waals surface area contributed by atoms with Gasteiger partial charge < -0.3 is 15.3 Å². The molecule has 0 saturated heterocycles. The lowest BCUT2D eigenvalue weighted by molar-refractivity contribution is -0.143. The van der Waals surface area contributed by atoms with Gasteiger partial charge in [0.2, 0.25) is 5.88 Å². The van der Waals surface area contributed by atoms with E-state index in [1.807, 2.05) is 0 Å². The summed E-state index contributed by atoms with van der Waals surface area (Å²) in [6.07, 6.45) is -10.2. The topological polar surface area (TPSA) is 107 Å². The van der Waals surface area contributed by atoms with Crippen LogP contribution >= 0.6 is 0 Å². The van der Waals surface area contributed by atoms with Gasteiger partial charge in [-0.3, -0.25) is 4.57 Å². The van der Waals surface area contributed by atoms with E-state index in [9.17, 15) is 46.5 Å². The van der Waals surface area contributed by atoms with Gasteiger partial charge in [0.05, 0.1) is 27.9 Å². The van der Waals surface area contributed by atoms with E-state index in [1.165, 1.54) is 60.7 Å². The van der Waals surface area contributed by atoms with E-state index in [4.69, 9.17) is 0 Å². The van der Waals surface area contributed by atoms with Gasteiger partial charge in [0.15, 0.2) is 11.4 Å². The molecular weight excluding hydrogens is 568 g/mol. The fraction of sp³-hybridized carbons (Fsp3) is 0.0690. The van der Waals surface area contributed by atoms with E-state index < -0.39 is 41.0 Å². The number of carboxylic acids is 1. The Morgan fingerprint density at radius 2 is 1.38 bits per heavy atom. The van der Waals surface area contributed by atoms with Crippen molar-refractivity contribution in [2.75, 3.05) is 0 Å². The molecule has 0 amide bonds. The van der Waals surface area contributed by atoms with E-state index in [1.54, 1.807) is 6.07 Å². The smallest absolute Gasteiger partial charge is 0.416 e. The lowest BCUT2D eigenvalue weighted by Gasteiger charge is -2.15. The molecule has 1 aromatic heterocycles. The number of aromatic nitrogens is 1. The quantitative estimate of drug-likeness (QED) is 0.141. The zero-order valence-electron chi connectivity index (χ0n) is 20.9. The van der Waals surface area contributed by atoms with Crippen molar-refractivity contribution in [3.8, 4) is 28.4 Å². The van der Waals surface area contributed by atoms with Crippen LogP contribution in [0.3, 0.4) is 0 Å². The van der Waals surface area contributed by atoms with Crippen LogP contribution in [-0.2, 0) is 12.4 Å². The number of hydrogen-bond acceptors (Lipinski definition) is 5. The maximum absolute atomic E-state index is 13.5. The highest BCUT2D eigenvalue weighted by Crippen LogP contribution is 2.45. The Morgan fingerprint density at radius 3 is 2.02 bits per heavy atom. The monoisotopic (exact) mass is 585 g/mol. The number of carbonyl (C=O) groups is 1. The van der Waals surface area contributed by atoms with Crippen LogP contribution < -0.4 is 0 Å². The van der Waals surface area contributed by atoms with Crippen molar-refractivity contribution in [3.63, 3.8) is 0 Å². The van der Waals surface area contributed by atoms with Gasteiger partial charge in [-0.25, -0.2) is 4.79 Å². The van der Waals surface area contributed by atoms with Crippen molar-refractivity contribution in [3.05, 3.63) is 102 Å². The van der Waals surface area contributed by atoms with Crippen LogP contribution in [0.1, 0.15) is 21.5 Å². The number of benzene rings is 4. The summed E-state index contributed by atoms with van der Waals surface area (Å²) in [6.45, 7) is 0. The number of nitrogens with zero attached hydrogens (tertiary/aromatic N) is 3. The minimum atomic E-state index is -5.11. The molecule has 214 valence electrons. The minimum Gasteiger partial charge on any atom is -0.505 e. The van der Waals surface area contributed by atoms with Crippen molar-refractivity contribution in [1.29, 1.82) is 0 Å². The number of azo groups is 1. The summed E-state index contributed by atoms with van der Waals surface area (Å²) in [7, 11) is 0. The summed E-state index contributed by atoms with van der Waals surface area (Å²) in [4.78, 5) is 11.3. The Kier molecular flexibility index (Phi) is 6.89. The fourth-order valence-electron chi connectivity index (χ4n) is 4.41. The van der Waals surface area contributed by atoms with Crippen molar-refractivity contribution in [2.24, 2.45) is 10.2 Å². The number of rotatable bonds is 5. The SMILES string of the molecule is O=C(O)c1cccc(-c2cccc(N=Nc3c(O)n(-c4cc(C(F)(F)F)cc(C(F)(F)F)c4)c4ccccc34)c2O)c1. The summed E-state index contributed by atoms with van der Waals surface area (Å²) >= 11 is 0. The van der Waals surface area contributed by atoms with Gasteiger partial charge in [0.25, 0.3) is 0 Å². The molecule has 3 N–H and O–H groups in total. The molecule has 0 radical (unpaired) electrons. The Balaban J connectivity index is 1.65. The molecule has 5 aromatic rings. The number of phenols is 1. The molecular formula is C29H17F6N3O4. The van der Waals surface area contributed by atoms with Crippen LogP contribution in [0.4, 0.5) is 37.7 Å². The van der Waals surface area contributed by atoms with Crippen molar-refractivity contribution in [1.82, 2.24) is 4.57 Å². The predicted molar refractivity (Wildman–Crippen MR) is 140 cm³/mol. The summed E-state index contributed by atoms with van der Waals surface area (Å²) in [5, 5.41) is 39.3. The zero-order valence-corrected chi connectivity index (χ0v) is 20.9. The van der Waals surface area contributed by atoms with Gasteiger partial charge in [-0.1, -0.05) is 42.5 Å². The predicted octanol–water partition coefficient (Wildman–Crippen LogP) is 8.86. The molecule has 0 spiro atoms. The van der Waals surface area contributed by atoms with E-state index in [0.717, 1.165) is 4.57 Å². The van der Waals surface area contributed by atoms with Gasteiger partial charge in [-0.05, 0) is 48.0 Å². The number of carboxylic acid groups (broad SMARTS) is 1. The molecule has 0 aliphatic rings. The second kappa shape index (κ2) is 10.3. The van der Waals surface area contributed by atoms with Gasteiger partial charge in [-0.2, -0.15) is 26.3 Å². The van der Waals surface area contributed by atoms with Crippen LogP contribution in [0, 0.1) is 0 Å². The van der Waals surface area contributed by atoms with Crippen molar-refractivity contribution in [2.45, 2.75) is 12.4 Å². The maximum atomic E-state index is 13.5. The molecule has 13 heteroatoms. The normalized spacial score (nSPS) is 12.3. The van der Waals surface area contributed by atoms with Crippen LogP contribution in [0.5, 0.6) is 11.6 Å². The van der Waals surface area contributed by atoms with Crippen molar-refractivity contribution >= 4 is 28.2 Å². The summed E-state index contributed by atoms with van der Waals surface area (Å²) in [5.74, 6) is -2.36. The standard InChI is InChI=1S/C29H17F6N3O4/c30-28(31,32)17-12-18(29(33,34)35)14-19(13-17)38-23-10-2-1-7-21(23)24(26(38)40)37-36-22-9-4-8-20(25(22)39)15-5-3-6-16(11-15)27(41)42/h1-14,39-40H,(H,41,42). The van der Waals surface area contributed by atoms with Gasteiger partial charge in [0.1, 0.15) is 5.69 Å². The minimum absolute atomic E-state index is 0.0191. The third kappa shape index (κ3) is 5.23. The van der Waals surface area contributed by atoms with E-state index in [2.05, 4.69) is 10.2 Å². The third-order valence-corrected chi connectivity index (χ3v) is 6.35. The first-order valence-corrected chi connectivity index (χ1v) is 12.0. The largest absolute Gasteiger partial charge is 0.505 e. The Hall–Kier alpha value is -5.33. The molecule has 0 fully saturated rings. The average Bonchev–Trinajstić information content (AvgIpc) is 3.22. The second-order valence-corrected chi connectivity index (χ2v) is 9.05.